The first kappa shape index (κ1) is 14.8. The van der Waals surface area contributed by atoms with E-state index in [1.165, 1.54) is 6.26 Å². The van der Waals surface area contributed by atoms with Crippen LogP contribution in [0.4, 0.5) is 0 Å². The van der Waals surface area contributed by atoms with E-state index in [0.717, 1.165) is 23.1 Å². The van der Waals surface area contributed by atoms with Crippen LogP contribution < -0.4 is 4.74 Å². The predicted molar refractivity (Wildman–Crippen MR) is 78.8 cm³/mol. The van der Waals surface area contributed by atoms with E-state index in [-0.39, 0.29) is 0 Å². The molecule has 1 aromatic rings. The average molecular weight is 348 g/mol. The first-order chi connectivity index (χ1) is 8.95. The molecule has 0 atom stereocenters. The number of sulfonamides is 1. The van der Waals surface area contributed by atoms with Crippen molar-refractivity contribution in [3.8, 4) is 5.75 Å². The minimum Gasteiger partial charge on any atom is -0.493 e. The molecule has 1 saturated heterocycles. The molecule has 19 heavy (non-hydrogen) atoms. The van der Waals surface area contributed by atoms with Crippen molar-refractivity contribution in [1.29, 1.82) is 0 Å². The maximum absolute atomic E-state index is 11.4. The summed E-state index contributed by atoms with van der Waals surface area (Å²) in [6.07, 6.45) is 3.00. The third-order valence-corrected chi connectivity index (χ3v) is 5.17. The quantitative estimate of drug-likeness (QED) is 0.840. The summed E-state index contributed by atoms with van der Waals surface area (Å²) in [5.74, 6) is 1.29. The second-order valence-electron chi connectivity index (χ2n) is 4.87. The number of rotatable bonds is 4. The summed E-state index contributed by atoms with van der Waals surface area (Å²) < 4.78 is 31.1. The van der Waals surface area contributed by atoms with E-state index >= 15 is 0 Å². The van der Waals surface area contributed by atoms with Crippen molar-refractivity contribution in [3.05, 3.63) is 28.7 Å². The van der Waals surface area contributed by atoms with Crippen LogP contribution in [0.3, 0.4) is 0 Å². The lowest BCUT2D eigenvalue weighted by atomic mass is 9.99. The Kier molecular flexibility index (Phi) is 4.86. The van der Waals surface area contributed by atoms with Gasteiger partial charge >= 0.3 is 0 Å². The van der Waals surface area contributed by atoms with Gasteiger partial charge in [0.2, 0.25) is 10.0 Å². The molecule has 1 fully saturated rings. The largest absolute Gasteiger partial charge is 0.493 e. The highest BCUT2D eigenvalue weighted by Gasteiger charge is 2.25. The van der Waals surface area contributed by atoms with Gasteiger partial charge in [-0.05, 0) is 43.0 Å². The van der Waals surface area contributed by atoms with E-state index in [1.54, 1.807) is 4.31 Å². The maximum Gasteiger partial charge on any atom is 0.211 e. The zero-order valence-electron chi connectivity index (χ0n) is 10.9. The Bertz CT molecular complexity index is 507. The summed E-state index contributed by atoms with van der Waals surface area (Å²) in [7, 11) is -3.03. The Morgan fingerprint density at radius 3 is 2.37 bits per heavy atom. The van der Waals surface area contributed by atoms with Crippen LogP contribution in [0.5, 0.6) is 5.75 Å². The fraction of sp³-hybridized carbons (Fsp3) is 0.538. The van der Waals surface area contributed by atoms with Crippen LogP contribution in [-0.2, 0) is 10.0 Å². The van der Waals surface area contributed by atoms with Crippen molar-refractivity contribution in [1.82, 2.24) is 4.31 Å². The fourth-order valence-corrected chi connectivity index (χ4v) is 3.29. The molecule has 4 nitrogen and oxygen atoms in total. The lowest BCUT2D eigenvalue weighted by molar-refractivity contribution is 0.185. The molecule has 106 valence electrons. The molecule has 0 bridgehead atoms. The lowest BCUT2D eigenvalue weighted by Crippen LogP contribution is -2.39. The Labute approximate surface area is 122 Å². The molecule has 0 N–H and O–H groups in total. The normalized spacial score (nSPS) is 18.4. The van der Waals surface area contributed by atoms with Crippen molar-refractivity contribution < 1.29 is 13.2 Å². The second-order valence-corrected chi connectivity index (χ2v) is 7.77. The second kappa shape index (κ2) is 6.24. The van der Waals surface area contributed by atoms with Crippen LogP contribution in [0.2, 0.25) is 0 Å². The highest BCUT2D eigenvalue weighted by atomic mass is 79.9. The van der Waals surface area contributed by atoms with E-state index in [0.29, 0.717) is 25.6 Å². The third kappa shape index (κ3) is 4.47. The molecule has 1 aliphatic rings. The average Bonchev–Trinajstić information content (AvgIpc) is 2.37. The third-order valence-electron chi connectivity index (χ3n) is 3.34. The molecular weight excluding hydrogens is 330 g/mol. The summed E-state index contributed by atoms with van der Waals surface area (Å²) in [4.78, 5) is 0. The van der Waals surface area contributed by atoms with E-state index in [2.05, 4.69) is 15.9 Å². The summed E-state index contributed by atoms with van der Waals surface area (Å²) in [5.41, 5.74) is 0. The van der Waals surface area contributed by atoms with Crippen molar-refractivity contribution in [2.75, 3.05) is 26.0 Å². The molecule has 1 heterocycles. The van der Waals surface area contributed by atoms with E-state index in [4.69, 9.17) is 4.74 Å². The molecule has 0 aliphatic carbocycles. The number of hydrogen-bond acceptors (Lipinski definition) is 3. The number of hydrogen-bond donors (Lipinski definition) is 0. The maximum atomic E-state index is 11.4. The molecule has 2 rings (SSSR count). The standard InChI is InChI=1S/C13H18BrNO3S/c1-19(16,17)15-8-6-11(7-9-15)10-18-13-4-2-12(14)3-5-13/h2-5,11H,6-10H2,1H3. The zero-order valence-corrected chi connectivity index (χ0v) is 13.3. The van der Waals surface area contributed by atoms with Crippen molar-refractivity contribution in [2.45, 2.75) is 12.8 Å². The summed E-state index contributed by atoms with van der Waals surface area (Å²) in [6, 6.07) is 7.74. The van der Waals surface area contributed by atoms with Gasteiger partial charge in [-0.2, -0.15) is 0 Å². The number of benzene rings is 1. The molecule has 0 amide bonds. The molecule has 1 aliphatic heterocycles. The summed E-state index contributed by atoms with van der Waals surface area (Å²) >= 11 is 3.38. The van der Waals surface area contributed by atoms with E-state index < -0.39 is 10.0 Å². The summed E-state index contributed by atoms with van der Waals surface area (Å²) in [6.45, 7) is 1.86. The van der Waals surface area contributed by atoms with Gasteiger partial charge in [-0.25, -0.2) is 12.7 Å². The molecule has 0 aromatic heterocycles. The van der Waals surface area contributed by atoms with Gasteiger partial charge in [-0.3, -0.25) is 0 Å². The van der Waals surface area contributed by atoms with Crippen LogP contribution in [0, 0.1) is 5.92 Å². The van der Waals surface area contributed by atoms with Crippen molar-refractivity contribution >= 4 is 26.0 Å². The van der Waals surface area contributed by atoms with Gasteiger partial charge < -0.3 is 4.74 Å². The van der Waals surface area contributed by atoms with Gasteiger partial charge in [-0.15, -0.1) is 0 Å². The first-order valence-electron chi connectivity index (χ1n) is 6.28. The van der Waals surface area contributed by atoms with Crippen LogP contribution in [-0.4, -0.2) is 38.7 Å². The number of piperidine rings is 1. The topological polar surface area (TPSA) is 46.6 Å². The van der Waals surface area contributed by atoms with Gasteiger partial charge in [0, 0.05) is 17.6 Å². The number of ether oxygens (including phenoxy) is 1. The molecular formula is C13H18BrNO3S. The number of nitrogens with zero attached hydrogens (tertiary/aromatic N) is 1. The molecule has 6 heteroatoms. The molecule has 0 spiro atoms. The first-order valence-corrected chi connectivity index (χ1v) is 8.93. The highest BCUT2D eigenvalue weighted by molar-refractivity contribution is 9.10. The Morgan fingerprint density at radius 2 is 1.84 bits per heavy atom. The van der Waals surface area contributed by atoms with Gasteiger partial charge in [0.05, 0.1) is 12.9 Å². The van der Waals surface area contributed by atoms with Crippen LogP contribution in [0.15, 0.2) is 28.7 Å². The Hall–Kier alpha value is -0.590. The van der Waals surface area contributed by atoms with E-state index in [1.807, 2.05) is 24.3 Å². The predicted octanol–water partition coefficient (Wildman–Crippen LogP) is 2.50. The van der Waals surface area contributed by atoms with Gasteiger partial charge in [0.25, 0.3) is 0 Å². The number of halogens is 1. The van der Waals surface area contributed by atoms with Gasteiger partial charge in [0.15, 0.2) is 0 Å². The Morgan fingerprint density at radius 1 is 1.26 bits per heavy atom. The lowest BCUT2D eigenvalue weighted by Gasteiger charge is -2.30. The van der Waals surface area contributed by atoms with Crippen LogP contribution in [0.1, 0.15) is 12.8 Å². The molecule has 0 radical (unpaired) electrons. The highest BCUT2D eigenvalue weighted by Crippen LogP contribution is 2.21. The monoisotopic (exact) mass is 347 g/mol. The minimum absolute atomic E-state index is 0.432. The van der Waals surface area contributed by atoms with Crippen molar-refractivity contribution in [3.63, 3.8) is 0 Å². The van der Waals surface area contributed by atoms with Crippen LogP contribution in [0.25, 0.3) is 0 Å². The molecule has 0 saturated carbocycles. The summed E-state index contributed by atoms with van der Waals surface area (Å²) in [5, 5.41) is 0. The van der Waals surface area contributed by atoms with Crippen molar-refractivity contribution in [2.24, 2.45) is 5.92 Å². The van der Waals surface area contributed by atoms with Gasteiger partial charge in [-0.1, -0.05) is 15.9 Å². The van der Waals surface area contributed by atoms with Crippen LogP contribution >= 0.6 is 15.9 Å². The minimum atomic E-state index is -3.03. The Balaban J connectivity index is 1.78. The SMILES string of the molecule is CS(=O)(=O)N1CCC(COc2ccc(Br)cc2)CC1. The zero-order chi connectivity index (χ0) is 13.9. The van der Waals surface area contributed by atoms with Gasteiger partial charge in [0.1, 0.15) is 5.75 Å². The fourth-order valence-electron chi connectivity index (χ4n) is 2.15. The smallest absolute Gasteiger partial charge is 0.211 e. The molecule has 0 unspecified atom stereocenters. The molecule has 1 aromatic carbocycles. The van der Waals surface area contributed by atoms with E-state index in [9.17, 15) is 8.42 Å².